The van der Waals surface area contributed by atoms with Gasteiger partial charge in [0.15, 0.2) is 0 Å². The van der Waals surface area contributed by atoms with Gasteiger partial charge in [0.1, 0.15) is 5.82 Å². The van der Waals surface area contributed by atoms with Crippen molar-refractivity contribution in [1.82, 2.24) is 4.90 Å². The molecule has 0 aliphatic carbocycles. The number of ether oxygens (including phenoxy) is 1. The molecule has 144 valence electrons. The van der Waals surface area contributed by atoms with E-state index < -0.39 is 0 Å². The predicted octanol–water partition coefficient (Wildman–Crippen LogP) is 4.44. The van der Waals surface area contributed by atoms with E-state index >= 15 is 0 Å². The molecule has 0 aromatic heterocycles. The normalized spacial score (nSPS) is 16.1. The molecule has 0 radical (unpaired) electrons. The average Bonchev–Trinajstić information content (AvgIpc) is 2.65. The topological polar surface area (TPSA) is 41.6 Å². The second-order valence-corrected chi connectivity index (χ2v) is 7.31. The molecule has 1 unspecified atom stereocenters. The Morgan fingerprint density at radius 1 is 1.22 bits per heavy atom. The Morgan fingerprint density at radius 3 is 2.59 bits per heavy atom. The molecule has 1 amide bonds. The van der Waals surface area contributed by atoms with Gasteiger partial charge in [0.25, 0.3) is 0 Å². The van der Waals surface area contributed by atoms with Crippen molar-refractivity contribution in [3.05, 3.63) is 64.4 Å². The van der Waals surface area contributed by atoms with E-state index in [0.717, 1.165) is 44.0 Å². The van der Waals surface area contributed by atoms with Gasteiger partial charge in [-0.1, -0.05) is 36.7 Å². The molecule has 3 rings (SSSR count). The molecule has 1 atom stereocenters. The van der Waals surface area contributed by atoms with Crippen molar-refractivity contribution >= 4 is 23.2 Å². The highest BCUT2D eigenvalue weighted by Gasteiger charge is 2.14. The predicted molar refractivity (Wildman–Crippen MR) is 106 cm³/mol. The van der Waals surface area contributed by atoms with Crippen LogP contribution in [-0.4, -0.2) is 37.1 Å². The first-order chi connectivity index (χ1) is 13.0. The zero-order valence-electron chi connectivity index (χ0n) is 15.4. The molecule has 27 heavy (non-hydrogen) atoms. The van der Waals surface area contributed by atoms with Crippen LogP contribution in [0.1, 0.15) is 30.4 Å². The van der Waals surface area contributed by atoms with Gasteiger partial charge in [0.2, 0.25) is 5.91 Å². The molecule has 0 spiro atoms. The maximum atomic E-state index is 13.0. The zero-order chi connectivity index (χ0) is 19.2. The van der Waals surface area contributed by atoms with Gasteiger partial charge in [-0.2, -0.15) is 0 Å². The second kappa shape index (κ2) is 9.31. The average molecular weight is 391 g/mol. The lowest BCUT2D eigenvalue weighted by molar-refractivity contribution is -0.116. The Morgan fingerprint density at radius 2 is 1.93 bits per heavy atom. The first kappa shape index (κ1) is 19.8. The van der Waals surface area contributed by atoms with E-state index in [1.54, 1.807) is 18.2 Å². The molecular weight excluding hydrogens is 367 g/mol. The number of hydrogen-bond donors (Lipinski definition) is 1. The fraction of sp³-hybridized carbons (Fsp3) is 0.381. The number of rotatable bonds is 6. The van der Waals surface area contributed by atoms with Crippen molar-refractivity contribution in [2.45, 2.75) is 25.8 Å². The summed E-state index contributed by atoms with van der Waals surface area (Å²) in [7, 11) is 0. The van der Waals surface area contributed by atoms with Crippen molar-refractivity contribution in [3.8, 4) is 0 Å². The van der Waals surface area contributed by atoms with Crippen LogP contribution in [0.25, 0.3) is 0 Å². The Balaban J connectivity index is 1.55. The number of amides is 1. The summed E-state index contributed by atoms with van der Waals surface area (Å²) in [6.07, 6.45) is 0.318. The van der Waals surface area contributed by atoms with Crippen LogP contribution >= 0.6 is 11.6 Å². The fourth-order valence-electron chi connectivity index (χ4n) is 3.15. The van der Waals surface area contributed by atoms with Crippen LogP contribution in [-0.2, 0) is 16.1 Å². The SMILES string of the molecule is CC(CC(=O)Nc1ccc(CN2CCOCC2)c(Cl)c1)c1ccc(F)cc1. The van der Waals surface area contributed by atoms with Gasteiger partial charge < -0.3 is 10.1 Å². The number of hydrogen-bond acceptors (Lipinski definition) is 3. The van der Waals surface area contributed by atoms with E-state index in [2.05, 4.69) is 10.2 Å². The zero-order valence-corrected chi connectivity index (χ0v) is 16.1. The number of carbonyl (C=O) groups is 1. The Labute approximate surface area is 164 Å². The van der Waals surface area contributed by atoms with Crippen LogP contribution in [0.5, 0.6) is 0 Å². The number of halogens is 2. The number of benzene rings is 2. The van der Waals surface area contributed by atoms with Crippen LogP contribution < -0.4 is 5.32 Å². The van der Waals surface area contributed by atoms with Crippen LogP contribution in [0.2, 0.25) is 5.02 Å². The Bertz CT molecular complexity index is 776. The number of anilines is 1. The molecule has 1 heterocycles. The van der Waals surface area contributed by atoms with Crippen LogP contribution in [0, 0.1) is 5.82 Å². The van der Waals surface area contributed by atoms with Gasteiger partial charge in [-0.05, 0) is 41.3 Å². The van der Waals surface area contributed by atoms with Gasteiger partial charge in [0, 0.05) is 36.8 Å². The van der Waals surface area contributed by atoms with E-state index in [0.29, 0.717) is 17.1 Å². The highest BCUT2D eigenvalue weighted by molar-refractivity contribution is 6.31. The number of morpholine rings is 1. The molecule has 2 aromatic carbocycles. The van der Waals surface area contributed by atoms with Gasteiger partial charge >= 0.3 is 0 Å². The van der Waals surface area contributed by atoms with E-state index in [9.17, 15) is 9.18 Å². The molecule has 1 fully saturated rings. The highest BCUT2D eigenvalue weighted by atomic mass is 35.5. The summed E-state index contributed by atoms with van der Waals surface area (Å²) in [6.45, 7) is 6.02. The molecule has 1 aliphatic rings. The van der Waals surface area contributed by atoms with Crippen LogP contribution in [0.3, 0.4) is 0 Å². The quantitative estimate of drug-likeness (QED) is 0.792. The minimum absolute atomic E-state index is 0.00154. The molecule has 0 bridgehead atoms. The molecule has 6 heteroatoms. The molecule has 1 aliphatic heterocycles. The molecule has 1 N–H and O–H groups in total. The minimum atomic E-state index is -0.276. The third kappa shape index (κ3) is 5.76. The summed E-state index contributed by atoms with van der Waals surface area (Å²) >= 11 is 6.40. The summed E-state index contributed by atoms with van der Waals surface area (Å²) in [5.41, 5.74) is 2.66. The Kier molecular flexibility index (Phi) is 6.83. The standard InChI is InChI=1S/C21H24ClFN2O2/c1-15(16-2-5-18(23)6-3-16)12-21(26)24-19-7-4-17(20(22)13-19)14-25-8-10-27-11-9-25/h2-7,13,15H,8-12,14H2,1H3,(H,24,26). The fourth-order valence-corrected chi connectivity index (χ4v) is 3.39. The maximum Gasteiger partial charge on any atom is 0.224 e. The van der Waals surface area contributed by atoms with E-state index in [1.165, 1.54) is 12.1 Å². The summed E-state index contributed by atoms with van der Waals surface area (Å²) in [5.74, 6) is -0.368. The summed E-state index contributed by atoms with van der Waals surface area (Å²) in [6, 6.07) is 11.9. The molecule has 2 aromatic rings. The summed E-state index contributed by atoms with van der Waals surface area (Å²) < 4.78 is 18.4. The number of nitrogens with zero attached hydrogens (tertiary/aromatic N) is 1. The minimum Gasteiger partial charge on any atom is -0.379 e. The lowest BCUT2D eigenvalue weighted by Gasteiger charge is -2.27. The van der Waals surface area contributed by atoms with Crippen LogP contribution in [0.4, 0.5) is 10.1 Å². The van der Waals surface area contributed by atoms with Gasteiger partial charge in [-0.3, -0.25) is 9.69 Å². The van der Waals surface area contributed by atoms with Crippen molar-refractivity contribution in [1.29, 1.82) is 0 Å². The lowest BCUT2D eigenvalue weighted by Crippen LogP contribution is -2.35. The smallest absolute Gasteiger partial charge is 0.224 e. The molecular formula is C21H24ClFN2O2. The van der Waals surface area contributed by atoms with Crippen LogP contribution in [0.15, 0.2) is 42.5 Å². The maximum absolute atomic E-state index is 13.0. The van der Waals surface area contributed by atoms with E-state index in [-0.39, 0.29) is 17.6 Å². The Hall–Kier alpha value is -1.95. The molecule has 4 nitrogen and oxygen atoms in total. The van der Waals surface area contributed by atoms with E-state index in [4.69, 9.17) is 16.3 Å². The third-order valence-electron chi connectivity index (χ3n) is 4.77. The second-order valence-electron chi connectivity index (χ2n) is 6.90. The van der Waals surface area contributed by atoms with Gasteiger partial charge in [-0.25, -0.2) is 4.39 Å². The molecule has 0 saturated carbocycles. The van der Waals surface area contributed by atoms with Gasteiger partial charge in [0.05, 0.1) is 13.2 Å². The summed E-state index contributed by atoms with van der Waals surface area (Å²) in [4.78, 5) is 14.6. The van der Waals surface area contributed by atoms with Gasteiger partial charge in [-0.15, -0.1) is 0 Å². The third-order valence-corrected chi connectivity index (χ3v) is 5.12. The molecule has 1 saturated heterocycles. The number of nitrogens with one attached hydrogen (secondary N) is 1. The van der Waals surface area contributed by atoms with Crippen molar-refractivity contribution in [2.75, 3.05) is 31.6 Å². The highest BCUT2D eigenvalue weighted by Crippen LogP contribution is 2.24. The monoisotopic (exact) mass is 390 g/mol. The number of carbonyl (C=O) groups excluding carboxylic acids is 1. The lowest BCUT2D eigenvalue weighted by atomic mass is 9.97. The van der Waals surface area contributed by atoms with Crippen molar-refractivity contribution in [2.24, 2.45) is 0 Å². The van der Waals surface area contributed by atoms with E-state index in [1.807, 2.05) is 19.1 Å². The summed E-state index contributed by atoms with van der Waals surface area (Å²) in [5, 5.41) is 3.54. The van der Waals surface area contributed by atoms with Crippen molar-refractivity contribution in [3.63, 3.8) is 0 Å². The first-order valence-electron chi connectivity index (χ1n) is 9.15. The first-order valence-corrected chi connectivity index (χ1v) is 9.53. The largest absolute Gasteiger partial charge is 0.379 e. The van der Waals surface area contributed by atoms with Crippen molar-refractivity contribution < 1.29 is 13.9 Å².